The minimum atomic E-state index is 0.536. The van der Waals surface area contributed by atoms with Gasteiger partial charge in [0.15, 0.2) is 0 Å². The number of benzene rings is 1. The Kier molecular flexibility index (Phi) is 5.10. The Morgan fingerprint density at radius 1 is 1.19 bits per heavy atom. The van der Waals surface area contributed by atoms with Gasteiger partial charge in [-0.05, 0) is 42.7 Å². The van der Waals surface area contributed by atoms with Crippen LogP contribution >= 0.6 is 0 Å². The third-order valence-electron chi connectivity index (χ3n) is 2.95. The molecule has 2 aromatic rings. The van der Waals surface area contributed by atoms with Gasteiger partial charge in [-0.15, -0.1) is 0 Å². The van der Waals surface area contributed by atoms with Crippen LogP contribution in [0.25, 0.3) is 0 Å². The van der Waals surface area contributed by atoms with Crippen LogP contribution in [0.5, 0.6) is 0 Å². The number of aromatic nitrogens is 2. The lowest BCUT2D eigenvalue weighted by Gasteiger charge is -2.09. The summed E-state index contributed by atoms with van der Waals surface area (Å²) >= 11 is 0. The normalized spacial score (nSPS) is 10.2. The third-order valence-corrected chi connectivity index (χ3v) is 2.95. The fraction of sp³-hybridized carbons (Fsp3) is 0.312. The number of nitrogens with zero attached hydrogens (tertiary/aromatic N) is 3. The van der Waals surface area contributed by atoms with Gasteiger partial charge in [0.05, 0.1) is 11.6 Å². The first-order valence-electron chi connectivity index (χ1n) is 7.01. The lowest BCUT2D eigenvalue weighted by molar-refractivity contribution is 0.606. The minimum absolute atomic E-state index is 0.536. The zero-order valence-corrected chi connectivity index (χ0v) is 12.3. The molecule has 108 valence electrons. The second kappa shape index (κ2) is 7.25. The second-order valence-electron chi connectivity index (χ2n) is 5.19. The molecular formula is C16H19N5. The Balaban J connectivity index is 1.98. The zero-order valence-electron chi connectivity index (χ0n) is 12.3. The van der Waals surface area contributed by atoms with E-state index in [-0.39, 0.29) is 0 Å². The molecule has 2 rings (SSSR count). The SMILES string of the molecule is CC(C)CCNc1ccnc(Nc2ccc(C#N)cc2)n1. The number of anilines is 3. The molecule has 0 bridgehead atoms. The zero-order chi connectivity index (χ0) is 15.1. The van der Waals surface area contributed by atoms with Crippen molar-refractivity contribution in [3.8, 4) is 6.07 Å². The van der Waals surface area contributed by atoms with E-state index in [9.17, 15) is 0 Å². The van der Waals surface area contributed by atoms with Crippen LogP contribution in [0, 0.1) is 17.2 Å². The Hall–Kier alpha value is -2.61. The highest BCUT2D eigenvalue weighted by atomic mass is 15.1. The van der Waals surface area contributed by atoms with E-state index in [2.05, 4.69) is 40.5 Å². The van der Waals surface area contributed by atoms with Crippen molar-refractivity contribution in [2.24, 2.45) is 5.92 Å². The highest BCUT2D eigenvalue weighted by molar-refractivity contribution is 5.56. The first kappa shape index (κ1) is 14.8. The molecule has 0 unspecified atom stereocenters. The Labute approximate surface area is 125 Å². The summed E-state index contributed by atoms with van der Waals surface area (Å²) in [6.45, 7) is 5.28. The number of hydrogen-bond donors (Lipinski definition) is 2. The fourth-order valence-electron chi connectivity index (χ4n) is 1.76. The molecule has 0 saturated heterocycles. The van der Waals surface area contributed by atoms with E-state index in [0.717, 1.165) is 24.5 Å². The van der Waals surface area contributed by atoms with E-state index in [1.54, 1.807) is 18.3 Å². The average molecular weight is 281 g/mol. The van der Waals surface area contributed by atoms with Crippen molar-refractivity contribution in [1.29, 1.82) is 5.26 Å². The van der Waals surface area contributed by atoms with Crippen molar-refractivity contribution in [3.63, 3.8) is 0 Å². The summed E-state index contributed by atoms with van der Waals surface area (Å²) in [6.07, 6.45) is 2.82. The summed E-state index contributed by atoms with van der Waals surface area (Å²) in [5, 5.41) is 15.2. The van der Waals surface area contributed by atoms with Gasteiger partial charge in [-0.2, -0.15) is 10.2 Å². The van der Waals surface area contributed by atoms with Crippen LogP contribution in [-0.4, -0.2) is 16.5 Å². The minimum Gasteiger partial charge on any atom is -0.370 e. The maximum atomic E-state index is 8.77. The van der Waals surface area contributed by atoms with E-state index in [1.807, 2.05) is 18.2 Å². The Morgan fingerprint density at radius 3 is 2.62 bits per heavy atom. The molecule has 5 heteroatoms. The van der Waals surface area contributed by atoms with Crippen LogP contribution < -0.4 is 10.6 Å². The second-order valence-corrected chi connectivity index (χ2v) is 5.19. The summed E-state index contributed by atoms with van der Waals surface area (Å²) in [5.74, 6) is 2.01. The molecule has 0 atom stereocenters. The standard InChI is InChI=1S/C16H19N5/c1-12(2)7-9-18-15-8-10-19-16(21-15)20-14-5-3-13(11-17)4-6-14/h3-6,8,10,12H,7,9H2,1-2H3,(H2,18,19,20,21). The van der Waals surface area contributed by atoms with Crippen molar-refractivity contribution in [2.75, 3.05) is 17.2 Å². The summed E-state index contributed by atoms with van der Waals surface area (Å²) in [6, 6.07) is 11.1. The van der Waals surface area contributed by atoms with Gasteiger partial charge < -0.3 is 10.6 Å². The summed E-state index contributed by atoms with van der Waals surface area (Å²) < 4.78 is 0. The molecule has 0 spiro atoms. The number of nitrogens with one attached hydrogen (secondary N) is 2. The van der Waals surface area contributed by atoms with Gasteiger partial charge in [-0.3, -0.25) is 0 Å². The summed E-state index contributed by atoms with van der Waals surface area (Å²) in [5.41, 5.74) is 1.49. The fourth-order valence-corrected chi connectivity index (χ4v) is 1.76. The average Bonchev–Trinajstić information content (AvgIpc) is 2.48. The van der Waals surface area contributed by atoms with Crippen LogP contribution in [0.1, 0.15) is 25.8 Å². The van der Waals surface area contributed by atoms with E-state index in [4.69, 9.17) is 5.26 Å². The smallest absolute Gasteiger partial charge is 0.229 e. The van der Waals surface area contributed by atoms with Gasteiger partial charge in [0.25, 0.3) is 0 Å². The van der Waals surface area contributed by atoms with Gasteiger partial charge >= 0.3 is 0 Å². The van der Waals surface area contributed by atoms with Gasteiger partial charge in [0.2, 0.25) is 5.95 Å². The van der Waals surface area contributed by atoms with Crippen LogP contribution in [0.4, 0.5) is 17.5 Å². The van der Waals surface area contributed by atoms with Crippen molar-refractivity contribution in [2.45, 2.75) is 20.3 Å². The largest absolute Gasteiger partial charge is 0.370 e. The van der Waals surface area contributed by atoms with Crippen molar-refractivity contribution in [1.82, 2.24) is 9.97 Å². The predicted molar refractivity (Wildman–Crippen MR) is 84.4 cm³/mol. The lowest BCUT2D eigenvalue weighted by Crippen LogP contribution is -2.07. The quantitative estimate of drug-likeness (QED) is 0.847. The van der Waals surface area contributed by atoms with Gasteiger partial charge in [-0.1, -0.05) is 13.8 Å². The highest BCUT2D eigenvalue weighted by Crippen LogP contribution is 2.15. The van der Waals surface area contributed by atoms with Crippen molar-refractivity contribution >= 4 is 17.5 Å². The predicted octanol–water partition coefficient (Wildman–Crippen LogP) is 3.55. The van der Waals surface area contributed by atoms with Crippen molar-refractivity contribution in [3.05, 3.63) is 42.1 Å². The van der Waals surface area contributed by atoms with E-state index in [1.165, 1.54) is 0 Å². The summed E-state index contributed by atoms with van der Waals surface area (Å²) in [4.78, 5) is 8.60. The van der Waals surface area contributed by atoms with Crippen LogP contribution in [0.2, 0.25) is 0 Å². The third kappa shape index (κ3) is 4.77. The van der Waals surface area contributed by atoms with E-state index < -0.39 is 0 Å². The molecule has 1 aromatic carbocycles. The van der Waals surface area contributed by atoms with Crippen LogP contribution in [-0.2, 0) is 0 Å². The van der Waals surface area contributed by atoms with Gasteiger partial charge in [0.1, 0.15) is 5.82 Å². The molecule has 0 aliphatic rings. The van der Waals surface area contributed by atoms with Crippen LogP contribution in [0.3, 0.4) is 0 Å². The topological polar surface area (TPSA) is 73.6 Å². The molecule has 0 aliphatic carbocycles. The highest BCUT2D eigenvalue weighted by Gasteiger charge is 2.01. The molecule has 0 saturated carbocycles. The molecule has 1 heterocycles. The first-order valence-corrected chi connectivity index (χ1v) is 7.01. The van der Waals surface area contributed by atoms with Crippen molar-refractivity contribution < 1.29 is 0 Å². The van der Waals surface area contributed by atoms with E-state index in [0.29, 0.717) is 17.4 Å². The molecule has 0 fully saturated rings. The van der Waals surface area contributed by atoms with E-state index >= 15 is 0 Å². The number of nitriles is 1. The monoisotopic (exact) mass is 281 g/mol. The molecule has 21 heavy (non-hydrogen) atoms. The van der Waals surface area contributed by atoms with Gasteiger partial charge in [-0.25, -0.2) is 4.98 Å². The molecule has 2 N–H and O–H groups in total. The first-order chi connectivity index (χ1) is 10.2. The Bertz CT molecular complexity index is 613. The maximum Gasteiger partial charge on any atom is 0.229 e. The number of rotatable bonds is 6. The van der Waals surface area contributed by atoms with Gasteiger partial charge in [0, 0.05) is 18.4 Å². The molecule has 1 aromatic heterocycles. The molecule has 0 aliphatic heterocycles. The molecule has 0 radical (unpaired) electrons. The molecule has 0 amide bonds. The maximum absolute atomic E-state index is 8.77. The lowest BCUT2D eigenvalue weighted by atomic mass is 10.1. The summed E-state index contributed by atoms with van der Waals surface area (Å²) in [7, 11) is 0. The Morgan fingerprint density at radius 2 is 1.95 bits per heavy atom. The van der Waals surface area contributed by atoms with Crippen LogP contribution in [0.15, 0.2) is 36.5 Å². The number of hydrogen-bond acceptors (Lipinski definition) is 5. The molecule has 5 nitrogen and oxygen atoms in total. The molecular weight excluding hydrogens is 262 g/mol.